The second-order valence-electron chi connectivity index (χ2n) is 7.81. The number of ether oxygens (including phenoxy) is 2. The van der Waals surface area contributed by atoms with E-state index in [9.17, 15) is 14.4 Å². The van der Waals surface area contributed by atoms with Gasteiger partial charge in [-0.3, -0.25) is 14.4 Å². The van der Waals surface area contributed by atoms with Gasteiger partial charge in [-0.2, -0.15) is 5.10 Å². The molecule has 0 aliphatic rings. The summed E-state index contributed by atoms with van der Waals surface area (Å²) in [6.07, 6.45) is 1.40. The third kappa shape index (κ3) is 4.47. The molecule has 180 valence electrons. The molecular formula is C26H21N5O5. The van der Waals surface area contributed by atoms with E-state index >= 15 is 0 Å². The van der Waals surface area contributed by atoms with Crippen molar-refractivity contribution in [1.29, 1.82) is 0 Å². The molecule has 0 unspecified atom stereocenters. The van der Waals surface area contributed by atoms with Crippen molar-refractivity contribution in [2.75, 3.05) is 24.4 Å². The van der Waals surface area contributed by atoms with Crippen LogP contribution in [0.25, 0.3) is 16.6 Å². The van der Waals surface area contributed by atoms with E-state index in [2.05, 4.69) is 20.7 Å². The second-order valence-corrected chi connectivity index (χ2v) is 7.81. The van der Waals surface area contributed by atoms with Crippen LogP contribution in [0.1, 0.15) is 10.4 Å². The molecule has 5 rings (SSSR count). The minimum absolute atomic E-state index is 0.206. The van der Waals surface area contributed by atoms with Crippen LogP contribution >= 0.6 is 0 Å². The Morgan fingerprint density at radius 2 is 1.67 bits per heavy atom. The second kappa shape index (κ2) is 9.63. The van der Waals surface area contributed by atoms with Gasteiger partial charge in [-0.1, -0.05) is 30.3 Å². The number of rotatable bonds is 7. The molecular weight excluding hydrogens is 462 g/mol. The van der Waals surface area contributed by atoms with Crippen LogP contribution in [0, 0.1) is 0 Å². The number of anilines is 2. The molecule has 0 fully saturated rings. The van der Waals surface area contributed by atoms with Crippen LogP contribution in [-0.4, -0.2) is 40.1 Å². The predicted octanol–water partition coefficient (Wildman–Crippen LogP) is 3.45. The van der Waals surface area contributed by atoms with Gasteiger partial charge < -0.3 is 25.1 Å². The molecule has 0 aliphatic heterocycles. The fourth-order valence-corrected chi connectivity index (χ4v) is 3.79. The lowest BCUT2D eigenvalue weighted by Crippen LogP contribution is -2.20. The first-order chi connectivity index (χ1) is 17.5. The molecule has 0 radical (unpaired) electrons. The molecule has 0 saturated heterocycles. The van der Waals surface area contributed by atoms with Crippen molar-refractivity contribution in [2.45, 2.75) is 0 Å². The van der Waals surface area contributed by atoms with Crippen molar-refractivity contribution >= 4 is 39.7 Å². The lowest BCUT2D eigenvalue weighted by Gasteiger charge is -2.11. The first-order valence-electron chi connectivity index (χ1n) is 11.0. The Kier molecular flexibility index (Phi) is 6.06. The van der Waals surface area contributed by atoms with E-state index in [1.54, 1.807) is 72.8 Å². The highest BCUT2D eigenvalue weighted by Gasteiger charge is 2.17. The summed E-state index contributed by atoms with van der Waals surface area (Å²) in [5.41, 5.74) is 1.70. The quantitative estimate of drug-likeness (QED) is 0.325. The molecule has 0 aliphatic carbocycles. The van der Waals surface area contributed by atoms with Crippen molar-refractivity contribution in [1.82, 2.24) is 14.6 Å². The summed E-state index contributed by atoms with van der Waals surface area (Å²) in [6.45, 7) is -0.222. The van der Waals surface area contributed by atoms with Gasteiger partial charge >= 0.3 is 0 Å². The van der Waals surface area contributed by atoms with Gasteiger partial charge in [0.25, 0.3) is 17.4 Å². The maximum atomic E-state index is 13.0. The van der Waals surface area contributed by atoms with Crippen molar-refractivity contribution in [3.05, 3.63) is 94.9 Å². The number of methoxy groups -OCH3 is 1. The van der Waals surface area contributed by atoms with E-state index in [1.807, 2.05) is 0 Å². The van der Waals surface area contributed by atoms with E-state index in [0.29, 0.717) is 33.8 Å². The Labute approximate surface area is 204 Å². The molecule has 10 nitrogen and oxygen atoms in total. The highest BCUT2D eigenvalue weighted by molar-refractivity contribution is 6.09. The number of aromatic nitrogens is 3. The summed E-state index contributed by atoms with van der Waals surface area (Å²) in [4.78, 5) is 40.6. The highest BCUT2D eigenvalue weighted by Crippen LogP contribution is 2.25. The zero-order chi connectivity index (χ0) is 25.1. The fourth-order valence-electron chi connectivity index (χ4n) is 3.79. The number of hydrogen-bond donors (Lipinski definition) is 3. The molecule has 0 spiro atoms. The third-order valence-corrected chi connectivity index (χ3v) is 5.45. The lowest BCUT2D eigenvalue weighted by molar-refractivity contribution is -0.118. The monoisotopic (exact) mass is 483 g/mol. The smallest absolute Gasteiger partial charge is 0.262 e. The van der Waals surface area contributed by atoms with Crippen LogP contribution in [0.2, 0.25) is 0 Å². The number of para-hydroxylation sites is 3. The van der Waals surface area contributed by atoms with Gasteiger partial charge in [-0.05, 0) is 42.5 Å². The number of hydrogen-bond acceptors (Lipinski definition) is 6. The first-order valence-corrected chi connectivity index (χ1v) is 11.0. The predicted molar refractivity (Wildman–Crippen MR) is 135 cm³/mol. The van der Waals surface area contributed by atoms with Crippen LogP contribution < -0.4 is 25.7 Å². The number of H-pyrrole nitrogens is 1. The van der Waals surface area contributed by atoms with E-state index in [0.717, 1.165) is 0 Å². The van der Waals surface area contributed by atoms with Gasteiger partial charge in [0.2, 0.25) is 0 Å². The third-order valence-electron chi connectivity index (χ3n) is 5.45. The van der Waals surface area contributed by atoms with Gasteiger partial charge in [0.15, 0.2) is 18.1 Å². The van der Waals surface area contributed by atoms with Gasteiger partial charge in [0, 0.05) is 11.4 Å². The average molecular weight is 483 g/mol. The number of carbonyl (C=O) groups excluding carboxylic acids is 2. The zero-order valence-electron chi connectivity index (χ0n) is 19.1. The Balaban J connectivity index is 1.29. The molecule has 5 aromatic rings. The SMILES string of the molecule is COc1ccccc1OCC(=O)Nc1cccc(NC(=O)c2cnn3c2[nH]c(=O)c2ccccc23)c1. The van der Waals surface area contributed by atoms with E-state index in [4.69, 9.17) is 9.47 Å². The summed E-state index contributed by atoms with van der Waals surface area (Å²) < 4.78 is 12.3. The molecule has 36 heavy (non-hydrogen) atoms. The van der Waals surface area contributed by atoms with Crippen LogP contribution in [0.3, 0.4) is 0 Å². The molecule has 10 heteroatoms. The van der Waals surface area contributed by atoms with Crippen LogP contribution in [0.15, 0.2) is 83.8 Å². The molecule has 0 bridgehead atoms. The Morgan fingerprint density at radius 3 is 2.47 bits per heavy atom. The molecule has 3 aromatic carbocycles. The van der Waals surface area contributed by atoms with E-state index < -0.39 is 5.91 Å². The summed E-state index contributed by atoms with van der Waals surface area (Å²) in [5.74, 6) is 0.141. The highest BCUT2D eigenvalue weighted by atomic mass is 16.5. The summed E-state index contributed by atoms with van der Waals surface area (Å²) >= 11 is 0. The number of nitrogens with one attached hydrogen (secondary N) is 3. The van der Waals surface area contributed by atoms with Gasteiger partial charge in [0.05, 0.1) is 24.2 Å². The number of benzene rings is 3. The van der Waals surface area contributed by atoms with Crippen molar-refractivity contribution < 1.29 is 19.1 Å². The van der Waals surface area contributed by atoms with Crippen molar-refractivity contribution in [3.8, 4) is 11.5 Å². The van der Waals surface area contributed by atoms with Gasteiger partial charge in [0.1, 0.15) is 11.2 Å². The summed E-state index contributed by atoms with van der Waals surface area (Å²) in [5, 5.41) is 10.3. The summed E-state index contributed by atoms with van der Waals surface area (Å²) in [7, 11) is 1.52. The average Bonchev–Trinajstić information content (AvgIpc) is 3.32. The van der Waals surface area contributed by atoms with Crippen molar-refractivity contribution in [2.24, 2.45) is 0 Å². The minimum Gasteiger partial charge on any atom is -0.493 e. The Hall–Kier alpha value is -5.12. The minimum atomic E-state index is -0.459. The molecule has 0 atom stereocenters. The van der Waals surface area contributed by atoms with E-state index in [1.165, 1.54) is 17.8 Å². The fraction of sp³-hybridized carbons (Fsp3) is 0.0769. The van der Waals surface area contributed by atoms with Crippen LogP contribution in [-0.2, 0) is 4.79 Å². The van der Waals surface area contributed by atoms with E-state index in [-0.39, 0.29) is 29.3 Å². The van der Waals surface area contributed by atoms with Crippen LogP contribution in [0.5, 0.6) is 11.5 Å². The van der Waals surface area contributed by atoms with Crippen molar-refractivity contribution in [3.63, 3.8) is 0 Å². The zero-order valence-corrected chi connectivity index (χ0v) is 19.1. The topological polar surface area (TPSA) is 127 Å². The standard InChI is InChI=1S/C26H21N5O5/c1-35-21-11-4-5-12-22(21)36-15-23(32)28-16-7-6-8-17(13-16)29-26(34)19-14-27-31-20-10-3-2-9-18(20)25(33)30-24(19)31/h2-14H,15H2,1H3,(H,28,32)(H,29,34)(H,30,33). The molecule has 0 saturated carbocycles. The molecule has 2 heterocycles. The first kappa shape index (κ1) is 22.7. The maximum absolute atomic E-state index is 13.0. The number of aromatic amines is 1. The Bertz CT molecular complexity index is 1660. The number of carbonyl (C=O) groups is 2. The van der Waals surface area contributed by atoms with Crippen LogP contribution in [0.4, 0.5) is 11.4 Å². The largest absolute Gasteiger partial charge is 0.493 e. The Morgan fingerprint density at radius 1 is 0.944 bits per heavy atom. The summed E-state index contributed by atoms with van der Waals surface area (Å²) in [6, 6.07) is 20.7. The maximum Gasteiger partial charge on any atom is 0.262 e. The van der Waals surface area contributed by atoms with Gasteiger partial charge in [-0.25, -0.2) is 4.52 Å². The molecule has 2 aromatic heterocycles. The molecule has 2 amide bonds. The number of nitrogens with zero attached hydrogens (tertiary/aromatic N) is 2. The van der Waals surface area contributed by atoms with Gasteiger partial charge in [-0.15, -0.1) is 0 Å². The normalized spacial score (nSPS) is 10.8. The number of amides is 2. The molecule has 3 N–H and O–H groups in total. The number of fused-ring (bicyclic) bond motifs is 3. The lowest BCUT2D eigenvalue weighted by atomic mass is 10.2.